The summed E-state index contributed by atoms with van der Waals surface area (Å²) in [7, 11) is 0. The van der Waals surface area contributed by atoms with Crippen LogP contribution in [0.1, 0.15) is 51.3 Å². The molecule has 0 radical (unpaired) electrons. The van der Waals surface area contributed by atoms with E-state index in [1.54, 1.807) is 0 Å². The van der Waals surface area contributed by atoms with Crippen molar-refractivity contribution >= 4 is 18.1 Å². The summed E-state index contributed by atoms with van der Waals surface area (Å²) in [5, 5.41) is 3.02. The molecular weight excluding hydrogens is 234 g/mol. The Kier molecular flexibility index (Phi) is 3.38. The molecule has 1 fully saturated rings. The Morgan fingerprint density at radius 3 is 2.71 bits per heavy atom. The number of nitrogens with one attached hydrogen (secondary N) is 2. The largest absolute Gasteiger partial charge is 0.352 e. The molecule has 1 aromatic heterocycles. The third-order valence-electron chi connectivity index (χ3n) is 3.12. The van der Waals surface area contributed by atoms with Crippen molar-refractivity contribution in [2.75, 3.05) is 0 Å². The summed E-state index contributed by atoms with van der Waals surface area (Å²) in [6.07, 6.45) is 4.11. The Morgan fingerprint density at radius 1 is 1.53 bits per heavy atom. The molecule has 1 amide bonds. The normalized spacial score (nSPS) is 17.2. The molecule has 2 rings (SSSR count). The van der Waals surface area contributed by atoms with Crippen LogP contribution in [0.2, 0.25) is 0 Å². The minimum atomic E-state index is -0.244. The van der Waals surface area contributed by atoms with Crippen LogP contribution in [0.25, 0.3) is 0 Å². The third kappa shape index (κ3) is 2.60. The lowest BCUT2D eigenvalue weighted by Gasteiger charge is -2.18. The number of nitrogens with zero attached hydrogens (tertiary/aromatic N) is 1. The summed E-state index contributed by atoms with van der Waals surface area (Å²) in [6, 6.07) is 0.146. The molecule has 2 N–H and O–H groups in total. The van der Waals surface area contributed by atoms with E-state index in [2.05, 4.69) is 24.1 Å². The van der Waals surface area contributed by atoms with Crippen LogP contribution in [0.4, 0.5) is 0 Å². The van der Waals surface area contributed by atoms with E-state index in [1.807, 2.05) is 17.7 Å². The molecule has 1 atom stereocenters. The summed E-state index contributed by atoms with van der Waals surface area (Å²) in [6.45, 7) is 6.09. The van der Waals surface area contributed by atoms with Crippen LogP contribution in [0, 0.1) is 4.77 Å². The highest BCUT2D eigenvalue weighted by atomic mass is 32.1. The number of rotatable bonds is 4. The molecule has 0 saturated heterocycles. The third-order valence-corrected chi connectivity index (χ3v) is 3.44. The van der Waals surface area contributed by atoms with E-state index < -0.39 is 0 Å². The van der Waals surface area contributed by atoms with Crippen LogP contribution >= 0.6 is 12.2 Å². The van der Waals surface area contributed by atoms with Crippen LogP contribution < -0.4 is 5.32 Å². The van der Waals surface area contributed by atoms with Gasteiger partial charge in [-0.2, -0.15) is 0 Å². The van der Waals surface area contributed by atoms with E-state index in [0.29, 0.717) is 16.7 Å². The number of aromatic nitrogens is 2. The zero-order valence-electron chi connectivity index (χ0n) is 10.5. The molecule has 0 aromatic carbocycles. The van der Waals surface area contributed by atoms with Crippen molar-refractivity contribution in [3.8, 4) is 0 Å². The van der Waals surface area contributed by atoms with Gasteiger partial charge in [-0.25, -0.2) is 0 Å². The summed E-state index contributed by atoms with van der Waals surface area (Å²) >= 11 is 5.24. The Bertz CT molecular complexity index is 470. The Labute approximate surface area is 106 Å². The van der Waals surface area contributed by atoms with Crippen LogP contribution in [0.15, 0.2) is 6.20 Å². The zero-order valence-corrected chi connectivity index (χ0v) is 11.3. The van der Waals surface area contributed by atoms with Crippen molar-refractivity contribution in [2.24, 2.45) is 0 Å². The van der Waals surface area contributed by atoms with E-state index in [1.165, 1.54) is 0 Å². The minimum absolute atomic E-state index is 0.0603. The van der Waals surface area contributed by atoms with E-state index in [9.17, 15) is 4.79 Å². The number of hydrogen-bond acceptors (Lipinski definition) is 2. The quantitative estimate of drug-likeness (QED) is 0.810. The number of amides is 1. The van der Waals surface area contributed by atoms with Gasteiger partial charge in [0.2, 0.25) is 5.91 Å². The van der Waals surface area contributed by atoms with E-state index in [0.717, 1.165) is 18.5 Å². The molecular formula is C12H19N3OS. The molecule has 1 unspecified atom stereocenters. The van der Waals surface area contributed by atoms with Crippen molar-refractivity contribution in [3.63, 3.8) is 0 Å². The molecule has 0 bridgehead atoms. The molecule has 94 valence electrons. The lowest BCUT2D eigenvalue weighted by molar-refractivity contribution is -0.124. The van der Waals surface area contributed by atoms with Gasteiger partial charge in [0.1, 0.15) is 6.04 Å². The summed E-state index contributed by atoms with van der Waals surface area (Å²) in [5.74, 6) is 0.407. The van der Waals surface area contributed by atoms with Gasteiger partial charge in [0, 0.05) is 17.9 Å². The van der Waals surface area contributed by atoms with E-state index >= 15 is 0 Å². The first kappa shape index (κ1) is 12.4. The van der Waals surface area contributed by atoms with E-state index in [4.69, 9.17) is 12.2 Å². The second kappa shape index (κ2) is 4.64. The fourth-order valence-corrected chi connectivity index (χ4v) is 2.23. The first-order valence-electron chi connectivity index (χ1n) is 6.11. The van der Waals surface area contributed by atoms with Crippen LogP contribution in [0.3, 0.4) is 0 Å². The summed E-state index contributed by atoms with van der Waals surface area (Å²) < 4.78 is 2.53. The second-order valence-electron chi connectivity index (χ2n) is 5.00. The van der Waals surface area contributed by atoms with Crippen LogP contribution in [0.5, 0.6) is 0 Å². The molecule has 4 nitrogen and oxygen atoms in total. The van der Waals surface area contributed by atoms with Crippen molar-refractivity contribution in [3.05, 3.63) is 16.7 Å². The second-order valence-corrected chi connectivity index (χ2v) is 5.39. The average molecular weight is 253 g/mol. The molecule has 0 spiro atoms. The topological polar surface area (TPSA) is 49.8 Å². The first-order valence-corrected chi connectivity index (χ1v) is 6.51. The predicted molar refractivity (Wildman–Crippen MR) is 69.6 cm³/mol. The average Bonchev–Trinajstić information content (AvgIpc) is 2.98. The van der Waals surface area contributed by atoms with Gasteiger partial charge in [-0.3, -0.25) is 4.79 Å². The molecule has 1 aliphatic rings. The number of carbonyl (C=O) groups is 1. The number of imidazole rings is 1. The first-order chi connectivity index (χ1) is 8.00. The van der Waals surface area contributed by atoms with Gasteiger partial charge >= 0.3 is 0 Å². The smallest absolute Gasteiger partial charge is 0.243 e. The maximum Gasteiger partial charge on any atom is 0.243 e. The molecule has 5 heteroatoms. The van der Waals surface area contributed by atoms with Gasteiger partial charge in [0.25, 0.3) is 0 Å². The fraction of sp³-hybridized carbons (Fsp3) is 0.667. The van der Waals surface area contributed by atoms with Crippen LogP contribution in [-0.2, 0) is 4.79 Å². The van der Waals surface area contributed by atoms with Gasteiger partial charge in [-0.05, 0) is 37.9 Å². The Balaban J connectivity index is 2.22. The maximum atomic E-state index is 12.0. The standard InChI is InChI=1S/C12H19N3OS/c1-7(2)10-6-13-12(17)15(10)8(3)11(16)14-9-4-5-9/h6-9H,4-5H2,1-3H3,(H,13,17)(H,14,16). The number of carbonyl (C=O) groups excluding carboxylic acids is 1. The molecule has 0 aliphatic heterocycles. The Hall–Kier alpha value is -1.10. The minimum Gasteiger partial charge on any atom is -0.352 e. The highest BCUT2D eigenvalue weighted by Crippen LogP contribution is 2.22. The molecule has 1 aliphatic carbocycles. The fourth-order valence-electron chi connectivity index (χ4n) is 1.90. The summed E-state index contributed by atoms with van der Waals surface area (Å²) in [5.41, 5.74) is 1.08. The highest BCUT2D eigenvalue weighted by molar-refractivity contribution is 7.71. The van der Waals surface area contributed by atoms with Gasteiger partial charge in [0.15, 0.2) is 4.77 Å². The van der Waals surface area contributed by atoms with Gasteiger partial charge < -0.3 is 14.9 Å². The van der Waals surface area contributed by atoms with Crippen molar-refractivity contribution in [1.29, 1.82) is 0 Å². The molecule has 1 heterocycles. The predicted octanol–water partition coefficient (Wildman–Crippen LogP) is 2.51. The van der Waals surface area contributed by atoms with Crippen LogP contribution in [-0.4, -0.2) is 21.5 Å². The van der Waals surface area contributed by atoms with Gasteiger partial charge in [-0.15, -0.1) is 0 Å². The Morgan fingerprint density at radius 2 is 2.18 bits per heavy atom. The van der Waals surface area contributed by atoms with Crippen molar-refractivity contribution < 1.29 is 4.79 Å². The summed E-state index contributed by atoms with van der Waals surface area (Å²) in [4.78, 5) is 15.0. The maximum absolute atomic E-state index is 12.0. The molecule has 1 aromatic rings. The van der Waals surface area contributed by atoms with E-state index in [-0.39, 0.29) is 11.9 Å². The number of H-pyrrole nitrogens is 1. The van der Waals surface area contributed by atoms with Gasteiger partial charge in [0.05, 0.1) is 0 Å². The van der Waals surface area contributed by atoms with Gasteiger partial charge in [-0.1, -0.05) is 13.8 Å². The highest BCUT2D eigenvalue weighted by Gasteiger charge is 2.27. The lowest BCUT2D eigenvalue weighted by atomic mass is 10.1. The lowest BCUT2D eigenvalue weighted by Crippen LogP contribution is -2.33. The molecule has 17 heavy (non-hydrogen) atoms. The number of aromatic amines is 1. The van der Waals surface area contributed by atoms with Crippen molar-refractivity contribution in [1.82, 2.24) is 14.9 Å². The molecule has 1 saturated carbocycles. The monoisotopic (exact) mass is 253 g/mol. The van der Waals surface area contributed by atoms with Crippen molar-refractivity contribution in [2.45, 2.75) is 51.6 Å². The number of hydrogen-bond donors (Lipinski definition) is 2. The zero-order chi connectivity index (χ0) is 12.6. The SMILES string of the molecule is CC(C)c1c[nH]c(=S)n1C(C)C(=O)NC1CC1.